The Balaban J connectivity index is 1.12. The van der Waals surface area contributed by atoms with Crippen LogP contribution in [0.25, 0.3) is 22.3 Å². The van der Waals surface area contributed by atoms with Crippen LogP contribution >= 0.6 is 31.9 Å². The van der Waals surface area contributed by atoms with E-state index in [1.165, 1.54) is 206 Å². The average molecular weight is 1070 g/mol. The molecule has 0 spiro atoms. The second kappa shape index (κ2) is 25.0. The zero-order valence-corrected chi connectivity index (χ0v) is 46.7. The van der Waals surface area contributed by atoms with Crippen LogP contribution in [0.5, 0.6) is 5.88 Å². The number of amides is 1. The molecule has 0 saturated carbocycles. The van der Waals surface area contributed by atoms with Crippen molar-refractivity contribution >= 4 is 54.6 Å². The van der Waals surface area contributed by atoms with Crippen LogP contribution in [0, 0.1) is 5.92 Å². The molecular weight excluding hydrogens is 989 g/mol. The minimum absolute atomic E-state index is 0.0124. The van der Waals surface area contributed by atoms with Crippen molar-refractivity contribution in [1.29, 1.82) is 0 Å². The zero-order chi connectivity index (χ0) is 49.1. The van der Waals surface area contributed by atoms with Crippen LogP contribution in [0.15, 0.2) is 80.7 Å². The first-order valence-corrected chi connectivity index (χ1v) is 30.0. The largest absolute Gasteiger partial charge is 0.494 e. The van der Waals surface area contributed by atoms with Gasteiger partial charge in [-0.3, -0.25) is 4.79 Å². The second-order valence-corrected chi connectivity index (χ2v) is 23.7. The molecule has 1 aliphatic heterocycles. The number of halogens is 2. The summed E-state index contributed by atoms with van der Waals surface area (Å²) < 4.78 is 2.28. The molecule has 2 heterocycles. The number of hydrogen-bond acceptors (Lipinski definition) is 2. The van der Waals surface area contributed by atoms with Crippen LogP contribution in [0.4, 0.5) is 0 Å². The maximum Gasteiger partial charge on any atom is 0.280 e. The molecular formula is C64H84Br2N2O2. The number of hydrogen-bond donors (Lipinski definition) is 2. The summed E-state index contributed by atoms with van der Waals surface area (Å²) in [6.45, 7) is 9.19. The summed E-state index contributed by atoms with van der Waals surface area (Å²) in [6, 6.07) is 20.7. The first kappa shape index (κ1) is 52.8. The van der Waals surface area contributed by atoms with Crippen LogP contribution in [0.3, 0.4) is 0 Å². The van der Waals surface area contributed by atoms with Crippen LogP contribution < -0.4 is 0 Å². The highest BCUT2D eigenvalue weighted by atomic mass is 79.9. The molecule has 1 amide bonds. The third-order valence-corrected chi connectivity index (χ3v) is 18.2. The molecule has 6 heteroatoms. The molecule has 8 rings (SSSR count). The number of aromatic nitrogens is 1. The van der Waals surface area contributed by atoms with Crippen molar-refractivity contribution in [2.75, 3.05) is 0 Å². The summed E-state index contributed by atoms with van der Waals surface area (Å²) in [7, 11) is 0. The molecule has 1 atom stereocenters. The SMILES string of the molecule is CCCCCCCCC1(CCCCCCCC)c2cc(Br)ccc2-c2ccc(C3=NC(=O)c4c(C5=CC=C6c7ccc(Br)cc7C(CCCCCCCC)(CCCCCCCC)C6C5)[nH]c(O)c43)cc21. The number of carbonyl (C=O) groups is 1. The zero-order valence-electron chi connectivity index (χ0n) is 43.5. The van der Waals surface area contributed by atoms with Crippen LogP contribution in [-0.4, -0.2) is 21.7 Å². The fourth-order valence-electron chi connectivity index (χ4n) is 13.5. The lowest BCUT2D eigenvalue weighted by atomic mass is 9.64. The van der Waals surface area contributed by atoms with Gasteiger partial charge in [0.05, 0.1) is 22.5 Å². The normalized spacial score (nSPS) is 17.0. The number of rotatable bonds is 30. The Kier molecular flexibility index (Phi) is 18.8. The molecule has 0 bridgehead atoms. The van der Waals surface area contributed by atoms with Gasteiger partial charge in [0, 0.05) is 25.3 Å². The van der Waals surface area contributed by atoms with E-state index in [0.717, 1.165) is 45.0 Å². The van der Waals surface area contributed by atoms with Crippen molar-refractivity contribution in [2.45, 2.75) is 225 Å². The van der Waals surface area contributed by atoms with Crippen molar-refractivity contribution in [2.24, 2.45) is 10.9 Å². The van der Waals surface area contributed by atoms with Gasteiger partial charge in [0.15, 0.2) is 5.88 Å². The van der Waals surface area contributed by atoms with Crippen molar-refractivity contribution in [3.63, 3.8) is 0 Å². The molecule has 4 nitrogen and oxygen atoms in total. The van der Waals surface area contributed by atoms with Crippen LogP contribution in [0.2, 0.25) is 0 Å². The number of aromatic hydroxyl groups is 1. The van der Waals surface area contributed by atoms with Crippen molar-refractivity contribution < 1.29 is 9.90 Å². The van der Waals surface area contributed by atoms with Crippen molar-refractivity contribution in [3.05, 3.63) is 120 Å². The quantitative estimate of drug-likeness (QED) is 0.0511. The van der Waals surface area contributed by atoms with Gasteiger partial charge in [0.25, 0.3) is 5.91 Å². The van der Waals surface area contributed by atoms with E-state index in [1.54, 1.807) is 0 Å². The number of aliphatic imine (C=N–C) groups is 1. The highest BCUT2D eigenvalue weighted by molar-refractivity contribution is 9.10. The summed E-state index contributed by atoms with van der Waals surface area (Å²) in [5, 5.41) is 12.0. The Labute approximate surface area is 439 Å². The molecule has 376 valence electrons. The van der Waals surface area contributed by atoms with E-state index in [-0.39, 0.29) is 22.6 Å². The van der Waals surface area contributed by atoms with Crippen molar-refractivity contribution in [3.8, 4) is 17.0 Å². The van der Waals surface area contributed by atoms with Crippen LogP contribution in [-0.2, 0) is 10.8 Å². The molecule has 3 aromatic carbocycles. The molecule has 2 N–H and O–H groups in total. The molecule has 3 aliphatic carbocycles. The van der Waals surface area contributed by atoms with E-state index in [9.17, 15) is 9.90 Å². The molecule has 4 aromatic rings. The van der Waals surface area contributed by atoms with Gasteiger partial charge < -0.3 is 10.1 Å². The lowest BCUT2D eigenvalue weighted by molar-refractivity contribution is 0.101. The lowest BCUT2D eigenvalue weighted by Gasteiger charge is -2.39. The molecule has 0 radical (unpaired) electrons. The molecule has 0 saturated heterocycles. The Morgan fingerprint density at radius 1 is 0.557 bits per heavy atom. The van der Waals surface area contributed by atoms with Crippen LogP contribution in [0.1, 0.15) is 263 Å². The molecule has 1 aromatic heterocycles. The predicted molar refractivity (Wildman–Crippen MR) is 305 cm³/mol. The van der Waals surface area contributed by atoms with Gasteiger partial charge in [-0.1, -0.05) is 250 Å². The Hall–Kier alpha value is -3.48. The van der Waals surface area contributed by atoms with Crippen molar-refractivity contribution in [1.82, 2.24) is 4.98 Å². The Bertz CT molecular complexity index is 2490. The third kappa shape index (κ3) is 11.2. The highest BCUT2D eigenvalue weighted by Gasteiger charge is 2.50. The topological polar surface area (TPSA) is 65.5 Å². The predicted octanol–water partition coefficient (Wildman–Crippen LogP) is 20.2. The second-order valence-electron chi connectivity index (χ2n) is 21.9. The summed E-state index contributed by atoms with van der Waals surface area (Å²) in [5.41, 5.74) is 14.1. The Morgan fingerprint density at radius 3 is 1.59 bits per heavy atom. The number of carbonyl (C=O) groups excluding carboxylic acids is 1. The van der Waals surface area contributed by atoms with Gasteiger partial charge >= 0.3 is 0 Å². The van der Waals surface area contributed by atoms with Gasteiger partial charge in [-0.05, 0) is 113 Å². The van der Waals surface area contributed by atoms with E-state index in [1.807, 2.05) is 0 Å². The number of nitrogens with one attached hydrogen (secondary N) is 1. The average Bonchev–Trinajstić information content (AvgIpc) is 4.06. The maximum atomic E-state index is 14.5. The van der Waals surface area contributed by atoms with E-state index in [0.29, 0.717) is 22.8 Å². The Morgan fingerprint density at radius 2 is 1.03 bits per heavy atom. The fourth-order valence-corrected chi connectivity index (χ4v) is 14.2. The van der Waals surface area contributed by atoms with Gasteiger partial charge in [0.1, 0.15) is 0 Å². The third-order valence-electron chi connectivity index (χ3n) is 17.2. The molecule has 70 heavy (non-hydrogen) atoms. The minimum Gasteiger partial charge on any atom is -0.494 e. The smallest absolute Gasteiger partial charge is 0.280 e. The number of benzene rings is 3. The first-order valence-electron chi connectivity index (χ1n) is 28.5. The number of unbranched alkanes of at least 4 members (excludes halogenated alkanes) is 20. The van der Waals surface area contributed by atoms with E-state index in [4.69, 9.17) is 4.99 Å². The van der Waals surface area contributed by atoms with E-state index < -0.39 is 0 Å². The van der Waals surface area contributed by atoms with Gasteiger partial charge in [-0.25, -0.2) is 4.99 Å². The van der Waals surface area contributed by atoms with Gasteiger partial charge in [0.2, 0.25) is 0 Å². The number of allylic oxidation sites excluding steroid dienone is 4. The van der Waals surface area contributed by atoms with Gasteiger partial charge in [-0.2, -0.15) is 0 Å². The molecule has 0 fully saturated rings. The summed E-state index contributed by atoms with van der Waals surface area (Å²) in [5.74, 6) is 0.0905. The first-order chi connectivity index (χ1) is 34.2. The number of H-pyrrole nitrogens is 1. The monoisotopic (exact) mass is 1070 g/mol. The summed E-state index contributed by atoms with van der Waals surface area (Å²) in [4.78, 5) is 22.8. The van der Waals surface area contributed by atoms with E-state index >= 15 is 0 Å². The summed E-state index contributed by atoms with van der Waals surface area (Å²) >= 11 is 7.81. The minimum atomic E-state index is -0.255. The number of fused-ring (bicyclic) bond motifs is 7. The highest BCUT2D eigenvalue weighted by Crippen LogP contribution is 2.61. The molecule has 1 unspecified atom stereocenters. The number of nitrogens with zero attached hydrogens (tertiary/aromatic N) is 1. The number of aromatic amines is 1. The lowest BCUT2D eigenvalue weighted by Crippen LogP contribution is -2.33. The maximum absolute atomic E-state index is 14.5. The fraction of sp³-hybridized carbons (Fsp3) is 0.562. The van der Waals surface area contributed by atoms with Gasteiger partial charge in [-0.15, -0.1) is 0 Å². The summed E-state index contributed by atoms with van der Waals surface area (Å²) in [6.07, 6.45) is 40.6. The standard InChI is InChI=1S/C64H84Br2N2O2/c1-5-9-13-17-21-25-37-63(38-26-22-18-14-10-6-2)53-41-45(29-33-49(53)51-35-31-47(65)43-55(51)63)59-57-58(62(70)67-59)60(68-61(57)69)46-30-34-50-52-36-32-48(66)44-56(52)64(54(50)42-46,39-27-23-19-15-11-7-3)40-28-24-20-16-12-8-4/h29-36,41,43-44,54,68-69H,5-28,37-40,42H2,1-4H3. The van der Waals surface area contributed by atoms with E-state index in [2.05, 4.69) is 131 Å². The molecule has 4 aliphatic rings.